The van der Waals surface area contributed by atoms with E-state index in [1.54, 1.807) is 0 Å². The Hall–Kier alpha value is -2.37. The molecule has 1 aromatic carbocycles. The molecule has 0 spiro atoms. The highest BCUT2D eigenvalue weighted by Gasteiger charge is 2.32. The van der Waals surface area contributed by atoms with Gasteiger partial charge in [0.1, 0.15) is 12.2 Å². The van der Waals surface area contributed by atoms with Crippen molar-refractivity contribution in [2.75, 3.05) is 24.5 Å². The maximum absolute atomic E-state index is 13.0. The van der Waals surface area contributed by atoms with Crippen LogP contribution in [-0.4, -0.2) is 45.3 Å². The minimum absolute atomic E-state index is 0.147. The van der Waals surface area contributed by atoms with Crippen molar-refractivity contribution in [3.8, 4) is 0 Å². The number of rotatable bonds is 2. The van der Waals surface area contributed by atoms with Gasteiger partial charge in [0.25, 0.3) is 0 Å². The number of aromatic nitrogens is 3. The fraction of sp³-hybridized carbons (Fsp3) is 0.526. The summed E-state index contributed by atoms with van der Waals surface area (Å²) in [4.78, 5) is 16.9. The lowest BCUT2D eigenvalue weighted by atomic mass is 9.96. The van der Waals surface area contributed by atoms with Gasteiger partial charge in [-0.25, -0.2) is 4.79 Å². The van der Waals surface area contributed by atoms with E-state index in [9.17, 15) is 4.79 Å². The number of amides is 2. The largest absolute Gasteiger partial charge is 0.324 e. The van der Waals surface area contributed by atoms with Crippen LogP contribution < -0.4 is 4.90 Å². The van der Waals surface area contributed by atoms with E-state index in [0.29, 0.717) is 12.0 Å². The van der Waals surface area contributed by atoms with Crippen molar-refractivity contribution in [2.24, 2.45) is 0 Å². The monoisotopic (exact) mass is 339 g/mol. The average Bonchev–Trinajstić information content (AvgIpc) is 3.28. The number of fused-ring (bicyclic) bond motifs is 1. The van der Waals surface area contributed by atoms with Crippen molar-refractivity contribution >= 4 is 11.7 Å². The Morgan fingerprint density at radius 2 is 1.92 bits per heavy atom. The van der Waals surface area contributed by atoms with Crippen LogP contribution >= 0.6 is 0 Å². The molecule has 1 aromatic heterocycles. The number of urea groups is 1. The Bertz CT molecular complexity index is 761. The molecule has 2 amide bonds. The highest BCUT2D eigenvalue weighted by molar-refractivity contribution is 5.94. The minimum Gasteiger partial charge on any atom is -0.324 e. The Morgan fingerprint density at radius 1 is 1.16 bits per heavy atom. The van der Waals surface area contributed by atoms with Crippen molar-refractivity contribution in [3.63, 3.8) is 0 Å². The zero-order valence-corrected chi connectivity index (χ0v) is 14.9. The van der Waals surface area contributed by atoms with Gasteiger partial charge in [0, 0.05) is 37.3 Å². The molecule has 0 aliphatic carbocycles. The number of para-hydroxylation sites is 1. The fourth-order valence-corrected chi connectivity index (χ4v) is 3.98. The van der Waals surface area contributed by atoms with Crippen LogP contribution in [0.4, 0.5) is 10.5 Å². The van der Waals surface area contributed by atoms with Gasteiger partial charge in [0.05, 0.1) is 0 Å². The summed E-state index contributed by atoms with van der Waals surface area (Å²) in [7, 11) is 0. The highest BCUT2D eigenvalue weighted by atomic mass is 16.2. The third-order valence-electron chi connectivity index (χ3n) is 5.41. The van der Waals surface area contributed by atoms with Crippen LogP contribution in [0.15, 0.2) is 30.6 Å². The van der Waals surface area contributed by atoms with Crippen LogP contribution in [0.5, 0.6) is 0 Å². The van der Waals surface area contributed by atoms with Gasteiger partial charge < -0.3 is 9.47 Å². The van der Waals surface area contributed by atoms with Crippen molar-refractivity contribution in [2.45, 2.75) is 45.1 Å². The smallest absolute Gasteiger partial charge is 0.324 e. The van der Waals surface area contributed by atoms with Gasteiger partial charge in [0.15, 0.2) is 0 Å². The first-order valence-electron chi connectivity index (χ1n) is 9.19. The van der Waals surface area contributed by atoms with E-state index >= 15 is 0 Å². The molecule has 25 heavy (non-hydrogen) atoms. The van der Waals surface area contributed by atoms with Crippen LogP contribution in [0.1, 0.15) is 50.0 Å². The van der Waals surface area contributed by atoms with Gasteiger partial charge >= 0.3 is 6.03 Å². The molecular weight excluding hydrogens is 314 g/mol. The summed E-state index contributed by atoms with van der Waals surface area (Å²) in [5, 5.41) is 8.42. The van der Waals surface area contributed by atoms with Crippen molar-refractivity contribution in [3.05, 3.63) is 42.0 Å². The van der Waals surface area contributed by atoms with Crippen molar-refractivity contribution in [1.29, 1.82) is 0 Å². The van der Waals surface area contributed by atoms with E-state index in [1.165, 1.54) is 5.56 Å². The van der Waals surface area contributed by atoms with E-state index in [1.807, 2.05) is 28.3 Å². The van der Waals surface area contributed by atoms with E-state index in [-0.39, 0.29) is 6.03 Å². The summed E-state index contributed by atoms with van der Waals surface area (Å²) in [6.45, 7) is 6.66. The van der Waals surface area contributed by atoms with Gasteiger partial charge in [-0.05, 0) is 44.7 Å². The highest BCUT2D eigenvalue weighted by Crippen LogP contribution is 2.31. The third kappa shape index (κ3) is 2.90. The summed E-state index contributed by atoms with van der Waals surface area (Å²) in [6, 6.07) is 8.74. The summed E-state index contributed by atoms with van der Waals surface area (Å²) in [5.74, 6) is 1.45. The second-order valence-corrected chi connectivity index (χ2v) is 7.26. The van der Waals surface area contributed by atoms with Gasteiger partial charge in [-0.15, -0.1) is 10.2 Å². The number of carbonyl (C=O) groups excluding carboxylic acids is 1. The van der Waals surface area contributed by atoms with Gasteiger partial charge in [-0.2, -0.15) is 0 Å². The Morgan fingerprint density at radius 3 is 2.68 bits per heavy atom. The number of carbonyl (C=O) groups is 1. The third-order valence-corrected chi connectivity index (χ3v) is 5.41. The van der Waals surface area contributed by atoms with E-state index in [0.717, 1.165) is 50.4 Å². The van der Waals surface area contributed by atoms with Gasteiger partial charge in [0.2, 0.25) is 0 Å². The second kappa shape index (κ2) is 6.50. The molecule has 1 fully saturated rings. The molecule has 132 valence electrons. The summed E-state index contributed by atoms with van der Waals surface area (Å²) < 4.78 is 2.15. The van der Waals surface area contributed by atoms with Crippen LogP contribution in [0, 0.1) is 0 Å². The molecule has 6 heteroatoms. The number of hydrogen-bond donors (Lipinski definition) is 0. The van der Waals surface area contributed by atoms with Crippen molar-refractivity contribution < 1.29 is 4.79 Å². The lowest BCUT2D eigenvalue weighted by molar-refractivity contribution is 0.186. The average molecular weight is 339 g/mol. The molecule has 2 aliphatic rings. The minimum atomic E-state index is 0.147. The predicted octanol–water partition coefficient (Wildman–Crippen LogP) is 3.22. The van der Waals surface area contributed by atoms with Crippen LogP contribution in [-0.2, 0) is 6.42 Å². The maximum Gasteiger partial charge on any atom is 0.324 e. The molecule has 2 aliphatic heterocycles. The lowest BCUT2D eigenvalue weighted by Gasteiger charge is -2.34. The molecular formula is C19H25N5O. The number of anilines is 1. The lowest BCUT2D eigenvalue weighted by Crippen LogP contribution is -2.46. The number of hydrogen-bond acceptors (Lipinski definition) is 3. The number of benzene rings is 1. The van der Waals surface area contributed by atoms with Crippen LogP contribution in [0.2, 0.25) is 0 Å². The van der Waals surface area contributed by atoms with E-state index in [4.69, 9.17) is 0 Å². The first kappa shape index (κ1) is 16.1. The topological polar surface area (TPSA) is 54.3 Å². The first-order valence-corrected chi connectivity index (χ1v) is 9.19. The summed E-state index contributed by atoms with van der Waals surface area (Å²) >= 11 is 0. The molecule has 0 saturated carbocycles. The second-order valence-electron chi connectivity index (χ2n) is 7.26. The molecule has 0 N–H and O–H groups in total. The zero-order valence-electron chi connectivity index (χ0n) is 14.9. The predicted molar refractivity (Wildman–Crippen MR) is 96.8 cm³/mol. The molecule has 1 saturated heterocycles. The number of nitrogens with zero attached hydrogens (tertiary/aromatic N) is 5. The molecule has 3 heterocycles. The standard InChI is InChI=1S/C19H25N5O/c1-14(2)24-13-20-21-18(24)16-7-10-22(11-8-16)19(25)23-12-9-15-5-3-4-6-17(15)23/h3-6,13-14,16H,7-12H2,1-2H3. The Labute approximate surface area is 148 Å². The molecule has 0 radical (unpaired) electrons. The van der Waals surface area contributed by atoms with E-state index < -0.39 is 0 Å². The molecule has 0 unspecified atom stereocenters. The van der Waals surface area contributed by atoms with E-state index in [2.05, 4.69) is 40.7 Å². The van der Waals surface area contributed by atoms with Gasteiger partial charge in [-0.3, -0.25) is 4.90 Å². The quantitative estimate of drug-likeness (QED) is 0.844. The first-order chi connectivity index (χ1) is 12.1. The number of piperidine rings is 1. The number of likely N-dealkylation sites (tertiary alicyclic amines) is 1. The molecule has 6 nitrogen and oxygen atoms in total. The van der Waals surface area contributed by atoms with Crippen LogP contribution in [0.25, 0.3) is 0 Å². The Kier molecular flexibility index (Phi) is 4.19. The molecule has 2 aromatic rings. The van der Waals surface area contributed by atoms with Crippen LogP contribution in [0.3, 0.4) is 0 Å². The van der Waals surface area contributed by atoms with Gasteiger partial charge in [-0.1, -0.05) is 18.2 Å². The molecule has 4 rings (SSSR count). The SMILES string of the molecule is CC(C)n1cnnc1C1CCN(C(=O)N2CCc3ccccc32)CC1. The summed E-state index contributed by atoms with van der Waals surface area (Å²) in [6.07, 6.45) is 4.67. The Balaban J connectivity index is 1.42. The summed E-state index contributed by atoms with van der Waals surface area (Å²) in [5.41, 5.74) is 2.35. The fourth-order valence-electron chi connectivity index (χ4n) is 3.98. The molecule has 0 atom stereocenters. The molecule has 0 bridgehead atoms. The van der Waals surface area contributed by atoms with Crippen molar-refractivity contribution in [1.82, 2.24) is 19.7 Å². The normalized spacial score (nSPS) is 18.0. The maximum atomic E-state index is 13.0. The zero-order chi connectivity index (χ0) is 17.4.